The van der Waals surface area contributed by atoms with Gasteiger partial charge in [-0.2, -0.15) is 0 Å². The number of hydrogen-bond acceptors (Lipinski definition) is 4. The molecule has 1 aliphatic heterocycles. The van der Waals surface area contributed by atoms with Crippen LogP contribution in [0, 0.1) is 0 Å². The Morgan fingerprint density at radius 1 is 1.05 bits per heavy atom. The summed E-state index contributed by atoms with van der Waals surface area (Å²) in [5, 5.41) is 14.7. The van der Waals surface area contributed by atoms with Crippen molar-refractivity contribution in [2.24, 2.45) is 0 Å². The number of carbonyl (C=O) groups excluding carboxylic acids is 1. The van der Waals surface area contributed by atoms with Crippen LogP contribution < -0.4 is 5.32 Å². The SMILES string of the molecule is O=C(c1[nH]c2cc(Cl)ccc2c1-c1c(-c2ccccc2)ncn1Cc1ccc(Cl)cc1)N1CCC(NCCO)C1. The van der Waals surface area contributed by atoms with Gasteiger partial charge in [-0.15, -0.1) is 0 Å². The van der Waals surface area contributed by atoms with E-state index in [0.717, 1.165) is 45.4 Å². The first-order chi connectivity index (χ1) is 19.5. The quantitative estimate of drug-likeness (QED) is 0.217. The van der Waals surface area contributed by atoms with E-state index in [1.807, 2.05) is 84.0 Å². The lowest BCUT2D eigenvalue weighted by Crippen LogP contribution is -2.36. The minimum Gasteiger partial charge on any atom is -0.395 e. The minimum absolute atomic E-state index is 0.0667. The number of hydrogen-bond donors (Lipinski definition) is 3. The number of benzene rings is 3. The number of aromatic nitrogens is 3. The number of fused-ring (bicyclic) bond motifs is 1. The average molecular weight is 575 g/mol. The Labute approximate surface area is 242 Å². The van der Waals surface area contributed by atoms with Gasteiger partial charge in [-0.1, -0.05) is 71.7 Å². The fourth-order valence-electron chi connectivity index (χ4n) is 5.47. The number of nitrogens with zero attached hydrogens (tertiary/aromatic N) is 3. The van der Waals surface area contributed by atoms with Gasteiger partial charge >= 0.3 is 0 Å². The van der Waals surface area contributed by atoms with Crippen LogP contribution in [0.25, 0.3) is 33.4 Å². The lowest BCUT2D eigenvalue weighted by atomic mass is 10.0. The molecule has 0 spiro atoms. The highest BCUT2D eigenvalue weighted by Crippen LogP contribution is 2.40. The number of aromatic amines is 1. The maximum absolute atomic E-state index is 14.1. The first-order valence-electron chi connectivity index (χ1n) is 13.3. The highest BCUT2D eigenvalue weighted by atomic mass is 35.5. The molecule has 0 bridgehead atoms. The van der Waals surface area contributed by atoms with Crippen molar-refractivity contribution < 1.29 is 9.90 Å². The Morgan fingerprint density at radius 2 is 1.82 bits per heavy atom. The molecular formula is C31H29Cl2N5O2. The molecule has 1 unspecified atom stereocenters. The van der Waals surface area contributed by atoms with E-state index in [-0.39, 0.29) is 18.6 Å². The number of rotatable bonds is 8. The van der Waals surface area contributed by atoms with E-state index in [4.69, 9.17) is 28.2 Å². The molecule has 0 saturated carbocycles. The number of likely N-dealkylation sites (tertiary alicyclic amines) is 1. The Morgan fingerprint density at radius 3 is 2.60 bits per heavy atom. The summed E-state index contributed by atoms with van der Waals surface area (Å²) < 4.78 is 2.09. The van der Waals surface area contributed by atoms with Crippen molar-refractivity contribution in [1.29, 1.82) is 0 Å². The molecule has 1 amide bonds. The van der Waals surface area contributed by atoms with E-state index in [9.17, 15) is 9.90 Å². The van der Waals surface area contributed by atoms with Crippen LogP contribution in [-0.2, 0) is 6.54 Å². The molecule has 40 heavy (non-hydrogen) atoms. The highest BCUT2D eigenvalue weighted by molar-refractivity contribution is 6.31. The smallest absolute Gasteiger partial charge is 0.271 e. The lowest BCUT2D eigenvalue weighted by Gasteiger charge is -2.18. The second-order valence-electron chi connectivity index (χ2n) is 10.0. The lowest BCUT2D eigenvalue weighted by molar-refractivity contribution is 0.0785. The maximum Gasteiger partial charge on any atom is 0.271 e. The van der Waals surface area contributed by atoms with E-state index in [0.29, 0.717) is 41.9 Å². The van der Waals surface area contributed by atoms with Crippen molar-refractivity contribution in [1.82, 2.24) is 24.8 Å². The molecule has 6 rings (SSSR count). The van der Waals surface area contributed by atoms with Crippen LogP contribution in [0.4, 0.5) is 0 Å². The zero-order valence-corrected chi connectivity index (χ0v) is 23.3. The van der Waals surface area contributed by atoms with Crippen molar-refractivity contribution in [3.63, 3.8) is 0 Å². The summed E-state index contributed by atoms with van der Waals surface area (Å²) in [6.45, 7) is 2.33. The molecule has 9 heteroatoms. The fraction of sp³-hybridized carbons (Fsp3) is 0.226. The van der Waals surface area contributed by atoms with Gasteiger partial charge in [-0.05, 0) is 36.2 Å². The maximum atomic E-state index is 14.1. The van der Waals surface area contributed by atoms with Crippen LogP contribution in [0.1, 0.15) is 22.5 Å². The van der Waals surface area contributed by atoms with E-state index >= 15 is 0 Å². The Balaban J connectivity index is 1.51. The van der Waals surface area contributed by atoms with Crippen molar-refractivity contribution >= 4 is 40.0 Å². The van der Waals surface area contributed by atoms with Gasteiger partial charge in [-0.25, -0.2) is 4.98 Å². The van der Waals surface area contributed by atoms with Gasteiger partial charge in [0.15, 0.2) is 0 Å². The van der Waals surface area contributed by atoms with Gasteiger partial charge < -0.3 is 24.9 Å². The predicted octanol–water partition coefficient (Wildman–Crippen LogP) is 5.85. The number of imidazole rings is 1. The molecule has 204 valence electrons. The molecule has 1 aliphatic rings. The molecule has 5 aromatic rings. The molecule has 0 radical (unpaired) electrons. The summed E-state index contributed by atoms with van der Waals surface area (Å²) >= 11 is 12.5. The second-order valence-corrected chi connectivity index (χ2v) is 10.9. The fourth-order valence-corrected chi connectivity index (χ4v) is 5.77. The first kappa shape index (κ1) is 26.6. The first-order valence-corrected chi connectivity index (χ1v) is 14.1. The number of halogens is 2. The molecule has 0 aliphatic carbocycles. The van der Waals surface area contributed by atoms with Crippen LogP contribution in [0.15, 0.2) is 79.1 Å². The van der Waals surface area contributed by atoms with Crippen molar-refractivity contribution in [2.45, 2.75) is 19.0 Å². The molecule has 7 nitrogen and oxygen atoms in total. The van der Waals surface area contributed by atoms with E-state index in [2.05, 4.69) is 14.9 Å². The third kappa shape index (κ3) is 5.25. The molecule has 1 saturated heterocycles. The monoisotopic (exact) mass is 573 g/mol. The average Bonchev–Trinajstić information content (AvgIpc) is 3.70. The summed E-state index contributed by atoms with van der Waals surface area (Å²) in [5.41, 5.74) is 5.77. The van der Waals surface area contributed by atoms with Crippen LogP contribution >= 0.6 is 23.2 Å². The standard InChI is InChI=1S/C31H29Cl2N5O2/c32-22-8-6-20(7-9-22)17-38-19-35-28(21-4-2-1-3-5-21)30(38)27-25-11-10-23(33)16-26(25)36-29(27)31(40)37-14-12-24(18-37)34-13-15-39/h1-11,16,19,24,34,36,39H,12-15,17-18H2. The highest BCUT2D eigenvalue weighted by Gasteiger charge is 2.32. The van der Waals surface area contributed by atoms with Gasteiger partial charge in [0.1, 0.15) is 5.69 Å². The van der Waals surface area contributed by atoms with Crippen LogP contribution in [-0.4, -0.2) is 62.7 Å². The zero-order valence-electron chi connectivity index (χ0n) is 21.8. The summed E-state index contributed by atoms with van der Waals surface area (Å²) in [4.78, 5) is 24.3. The number of amides is 1. The summed E-state index contributed by atoms with van der Waals surface area (Å²) in [6, 6.07) is 23.6. The van der Waals surface area contributed by atoms with Crippen LogP contribution in [0.2, 0.25) is 10.0 Å². The van der Waals surface area contributed by atoms with Gasteiger partial charge in [0, 0.05) is 64.3 Å². The number of carbonyl (C=O) groups is 1. The molecule has 2 aromatic heterocycles. The van der Waals surface area contributed by atoms with E-state index in [1.165, 1.54) is 0 Å². The Hall–Kier alpha value is -3.62. The summed E-state index contributed by atoms with van der Waals surface area (Å²) in [6.07, 6.45) is 2.66. The van der Waals surface area contributed by atoms with E-state index in [1.54, 1.807) is 0 Å². The van der Waals surface area contributed by atoms with Crippen molar-refractivity contribution in [3.05, 3.63) is 100 Å². The Kier molecular flexibility index (Phi) is 7.63. The normalized spacial score (nSPS) is 15.3. The van der Waals surface area contributed by atoms with E-state index < -0.39 is 0 Å². The molecule has 1 atom stereocenters. The van der Waals surface area contributed by atoms with Gasteiger partial charge in [0.05, 0.1) is 24.3 Å². The zero-order chi connectivity index (χ0) is 27.6. The molecule has 1 fully saturated rings. The van der Waals surface area contributed by atoms with Gasteiger partial charge in [-0.3, -0.25) is 4.79 Å². The number of H-pyrrole nitrogens is 1. The predicted molar refractivity (Wildman–Crippen MR) is 160 cm³/mol. The summed E-state index contributed by atoms with van der Waals surface area (Å²) in [5.74, 6) is -0.0751. The molecular weight excluding hydrogens is 545 g/mol. The van der Waals surface area contributed by atoms with Crippen LogP contribution in [0.5, 0.6) is 0 Å². The van der Waals surface area contributed by atoms with Crippen molar-refractivity contribution in [2.75, 3.05) is 26.2 Å². The number of aliphatic hydroxyl groups is 1. The number of aliphatic hydroxyl groups excluding tert-OH is 1. The Bertz CT molecular complexity index is 1650. The molecule has 3 N–H and O–H groups in total. The topological polar surface area (TPSA) is 86.2 Å². The minimum atomic E-state index is -0.0751. The van der Waals surface area contributed by atoms with Crippen molar-refractivity contribution in [3.8, 4) is 22.5 Å². The largest absolute Gasteiger partial charge is 0.395 e. The molecule has 3 aromatic carbocycles. The van der Waals surface area contributed by atoms with Crippen LogP contribution in [0.3, 0.4) is 0 Å². The van der Waals surface area contributed by atoms with Gasteiger partial charge in [0.2, 0.25) is 0 Å². The third-order valence-corrected chi connectivity index (χ3v) is 7.87. The number of nitrogens with one attached hydrogen (secondary N) is 2. The second kappa shape index (κ2) is 11.5. The summed E-state index contributed by atoms with van der Waals surface area (Å²) in [7, 11) is 0. The van der Waals surface area contributed by atoms with Gasteiger partial charge in [0.25, 0.3) is 5.91 Å². The molecule has 3 heterocycles. The third-order valence-electron chi connectivity index (χ3n) is 7.38.